The second-order valence-corrected chi connectivity index (χ2v) is 5.32. The molecular weight excluding hydrogens is 288 g/mol. The fourth-order valence-corrected chi connectivity index (χ4v) is 2.53. The van der Waals surface area contributed by atoms with Gasteiger partial charge in [0.05, 0.1) is 22.8 Å². The molecule has 1 aliphatic heterocycles. The van der Waals surface area contributed by atoms with E-state index >= 15 is 0 Å². The second-order valence-electron chi connectivity index (χ2n) is 5.32. The molecule has 0 bridgehead atoms. The van der Waals surface area contributed by atoms with Crippen LogP contribution >= 0.6 is 0 Å². The van der Waals surface area contributed by atoms with Gasteiger partial charge in [-0.1, -0.05) is 12.1 Å². The molecule has 1 aliphatic rings. The van der Waals surface area contributed by atoms with Crippen LogP contribution in [0.15, 0.2) is 36.4 Å². The first-order valence-electron chi connectivity index (χ1n) is 7.03. The summed E-state index contributed by atoms with van der Waals surface area (Å²) in [5.41, 5.74) is 3.57. The Labute approximate surface area is 134 Å². The Balaban J connectivity index is 1.98. The molecule has 1 heterocycles. The minimum atomic E-state index is -0.382. The molecule has 3 rings (SSSR count). The van der Waals surface area contributed by atoms with Gasteiger partial charge in [-0.15, -0.1) is 0 Å². The number of hydrogen-bond acceptors (Lipinski definition) is 3. The first-order valence-corrected chi connectivity index (χ1v) is 7.03. The predicted octanol–water partition coefficient (Wildman–Crippen LogP) is 2.78. The van der Waals surface area contributed by atoms with E-state index in [1.165, 1.54) is 0 Å². The molecule has 0 saturated carbocycles. The number of fused-ring (bicyclic) bond motifs is 1. The van der Waals surface area contributed by atoms with Crippen molar-refractivity contribution in [2.45, 2.75) is 13.8 Å². The Morgan fingerprint density at radius 1 is 0.826 bits per heavy atom. The molecule has 2 amide bonds. The monoisotopic (exact) mass is 300 g/mol. The van der Waals surface area contributed by atoms with Crippen molar-refractivity contribution >= 4 is 11.8 Å². The molecule has 0 aromatic heterocycles. The van der Waals surface area contributed by atoms with Crippen LogP contribution in [0.4, 0.5) is 0 Å². The van der Waals surface area contributed by atoms with E-state index in [0.717, 1.165) is 16.0 Å². The van der Waals surface area contributed by atoms with Crippen LogP contribution in [0.3, 0.4) is 0 Å². The van der Waals surface area contributed by atoms with Crippen molar-refractivity contribution in [3.63, 3.8) is 0 Å². The number of amides is 2. The number of carbonyl (C=O) groups excluding carboxylic acids is 2. The van der Waals surface area contributed by atoms with Crippen LogP contribution in [0.5, 0.6) is 0 Å². The maximum Gasteiger partial charge on any atom is 0.273 e. The third kappa shape index (κ3) is 2.37. The summed E-state index contributed by atoms with van der Waals surface area (Å²) in [6.45, 7) is 3.61. The lowest BCUT2D eigenvalue weighted by molar-refractivity contribution is 0.0734. The van der Waals surface area contributed by atoms with Gasteiger partial charge in [-0.2, -0.15) is 10.2 Å². The number of aryl methyl sites for hydroxylation is 2. The number of rotatable bonds is 0. The fourth-order valence-electron chi connectivity index (χ4n) is 2.53. The summed E-state index contributed by atoms with van der Waals surface area (Å²) >= 11 is 0. The smallest absolute Gasteiger partial charge is 0.267 e. The van der Waals surface area contributed by atoms with Gasteiger partial charge in [0.15, 0.2) is 0 Å². The average Bonchev–Trinajstić information content (AvgIpc) is 2.82. The molecule has 0 saturated heterocycles. The Bertz CT molecular complexity index is 897. The van der Waals surface area contributed by atoms with E-state index in [9.17, 15) is 9.59 Å². The molecule has 2 aromatic rings. The molecule has 0 aliphatic carbocycles. The molecule has 4 nitrogen and oxygen atoms in total. The van der Waals surface area contributed by atoms with E-state index in [0.29, 0.717) is 22.3 Å². The zero-order valence-corrected chi connectivity index (χ0v) is 12.7. The van der Waals surface area contributed by atoms with Crippen LogP contribution in [-0.4, -0.2) is 16.7 Å². The highest BCUT2D eigenvalue weighted by atomic mass is 16.2. The zero-order valence-electron chi connectivity index (χ0n) is 12.7. The number of carbonyl (C=O) groups is 2. The summed E-state index contributed by atoms with van der Waals surface area (Å²) < 4.78 is 0. The molecule has 4 heteroatoms. The van der Waals surface area contributed by atoms with Crippen molar-refractivity contribution in [2.75, 3.05) is 0 Å². The van der Waals surface area contributed by atoms with Crippen LogP contribution in [-0.2, 0) is 0 Å². The number of nitrogens with zero attached hydrogens (tertiary/aromatic N) is 2. The van der Waals surface area contributed by atoms with Gasteiger partial charge >= 0.3 is 0 Å². The molecule has 0 radical (unpaired) electrons. The Morgan fingerprint density at radius 2 is 1.30 bits per heavy atom. The lowest BCUT2D eigenvalue weighted by Gasteiger charge is -2.03. The van der Waals surface area contributed by atoms with E-state index < -0.39 is 0 Å². The van der Waals surface area contributed by atoms with E-state index in [4.69, 9.17) is 5.26 Å². The molecule has 0 fully saturated rings. The van der Waals surface area contributed by atoms with Crippen LogP contribution in [0.25, 0.3) is 0 Å². The van der Waals surface area contributed by atoms with Gasteiger partial charge in [0.1, 0.15) is 0 Å². The summed E-state index contributed by atoms with van der Waals surface area (Å²) in [6.07, 6.45) is 0. The number of imide groups is 1. The van der Waals surface area contributed by atoms with Crippen LogP contribution in [0.2, 0.25) is 0 Å². The number of nitriles is 1. The van der Waals surface area contributed by atoms with Gasteiger partial charge < -0.3 is 0 Å². The zero-order chi connectivity index (χ0) is 16.6. The van der Waals surface area contributed by atoms with Crippen molar-refractivity contribution in [1.82, 2.24) is 4.90 Å². The number of benzene rings is 2. The highest BCUT2D eigenvalue weighted by Crippen LogP contribution is 2.28. The fraction of sp³-hybridized carbons (Fsp3) is 0.105. The number of hydrogen-bond donors (Lipinski definition) is 0. The van der Waals surface area contributed by atoms with Crippen molar-refractivity contribution in [3.05, 3.63) is 69.8 Å². The van der Waals surface area contributed by atoms with Crippen LogP contribution in [0, 0.1) is 37.1 Å². The van der Waals surface area contributed by atoms with Crippen molar-refractivity contribution < 1.29 is 9.59 Å². The van der Waals surface area contributed by atoms with Crippen LogP contribution < -0.4 is 0 Å². The predicted molar refractivity (Wildman–Crippen MR) is 84.5 cm³/mol. The van der Waals surface area contributed by atoms with Gasteiger partial charge in [0.25, 0.3) is 11.8 Å². The summed E-state index contributed by atoms with van der Waals surface area (Å²) in [7, 11) is 0. The van der Waals surface area contributed by atoms with Crippen LogP contribution in [0.1, 0.15) is 43.0 Å². The first kappa shape index (κ1) is 14.6. The highest BCUT2D eigenvalue weighted by Gasteiger charge is 2.37. The minimum absolute atomic E-state index is 0.382. The van der Waals surface area contributed by atoms with Gasteiger partial charge in [0.2, 0.25) is 0 Å². The van der Waals surface area contributed by atoms with E-state index in [1.807, 2.05) is 18.2 Å². The molecule has 0 spiro atoms. The Hall–Kier alpha value is -3.37. The summed E-state index contributed by atoms with van der Waals surface area (Å²) in [6, 6.07) is 15.0. The maximum atomic E-state index is 12.5. The van der Waals surface area contributed by atoms with E-state index in [1.54, 1.807) is 38.1 Å². The van der Waals surface area contributed by atoms with Crippen molar-refractivity contribution in [1.29, 1.82) is 5.26 Å². The third-order valence-corrected chi connectivity index (χ3v) is 3.78. The van der Waals surface area contributed by atoms with Gasteiger partial charge in [-0.25, -0.2) is 0 Å². The van der Waals surface area contributed by atoms with E-state index in [-0.39, 0.29) is 11.8 Å². The molecular formula is C19H12N2O2. The van der Waals surface area contributed by atoms with Gasteiger partial charge in [0, 0.05) is 11.6 Å². The summed E-state index contributed by atoms with van der Waals surface area (Å²) in [4.78, 5) is 25.9. The molecule has 110 valence electrons. The topological polar surface area (TPSA) is 61.2 Å². The molecule has 0 N–H and O–H groups in total. The van der Waals surface area contributed by atoms with Gasteiger partial charge in [-0.05, 0) is 55.2 Å². The maximum absolute atomic E-state index is 12.5. The molecule has 0 atom stereocenters. The Morgan fingerprint density at radius 3 is 1.78 bits per heavy atom. The normalized spacial score (nSPS) is 12.5. The summed E-state index contributed by atoms with van der Waals surface area (Å²) in [5.74, 6) is 2.03. The first-order chi connectivity index (χ1) is 11.0. The average molecular weight is 300 g/mol. The molecule has 23 heavy (non-hydrogen) atoms. The SMILES string of the molecule is Cc1ccc(C)c2c1C(=O)N(C#Cc1ccc(C#N)cc1)C2=O. The highest BCUT2D eigenvalue weighted by molar-refractivity contribution is 6.23. The largest absolute Gasteiger partial charge is 0.273 e. The van der Waals surface area contributed by atoms with Crippen molar-refractivity contribution in [2.24, 2.45) is 0 Å². The quantitative estimate of drug-likeness (QED) is 0.555. The minimum Gasteiger partial charge on any atom is -0.267 e. The third-order valence-electron chi connectivity index (χ3n) is 3.78. The second kappa shape index (κ2) is 5.44. The van der Waals surface area contributed by atoms with Gasteiger partial charge in [-0.3, -0.25) is 9.59 Å². The standard InChI is InChI=1S/C19H12N2O2/c1-12-3-4-13(2)17-16(12)18(22)21(19(17)23)10-9-14-5-7-15(11-20)8-6-14/h3-8H,1-2H3. The summed E-state index contributed by atoms with van der Waals surface area (Å²) in [5, 5.41) is 8.77. The lowest BCUT2D eigenvalue weighted by atomic mass is 9.99. The lowest BCUT2D eigenvalue weighted by Crippen LogP contribution is -2.24. The molecule has 2 aromatic carbocycles. The van der Waals surface area contributed by atoms with E-state index in [2.05, 4.69) is 12.0 Å². The Kier molecular flexibility index (Phi) is 3.44. The van der Waals surface area contributed by atoms with Crippen molar-refractivity contribution in [3.8, 4) is 18.0 Å². The molecule has 0 unspecified atom stereocenters.